The van der Waals surface area contributed by atoms with Crippen molar-refractivity contribution in [1.82, 2.24) is 10.2 Å². The van der Waals surface area contributed by atoms with E-state index in [4.69, 9.17) is 17.0 Å². The normalized spacial score (nSPS) is 16.7. The van der Waals surface area contributed by atoms with Gasteiger partial charge in [0, 0.05) is 24.9 Å². The zero-order valence-corrected chi connectivity index (χ0v) is 18.7. The van der Waals surface area contributed by atoms with Crippen LogP contribution in [-0.4, -0.2) is 35.0 Å². The molecule has 1 unspecified atom stereocenters. The monoisotopic (exact) mass is 417 g/mol. The molecule has 0 aromatic heterocycles. The number of anilines is 1. The Kier molecular flexibility index (Phi) is 8.20. The Morgan fingerprint density at radius 2 is 1.90 bits per heavy atom. The summed E-state index contributed by atoms with van der Waals surface area (Å²) in [6.45, 7) is 7.62. The molecule has 7 heteroatoms. The molecule has 0 saturated carbocycles. The molecular weight excluding hydrogens is 386 g/mol. The van der Waals surface area contributed by atoms with E-state index < -0.39 is 6.04 Å². The summed E-state index contributed by atoms with van der Waals surface area (Å²) < 4.78 is 5.45. The first kappa shape index (κ1) is 22.9. The fourth-order valence-electron chi connectivity index (χ4n) is 3.15. The van der Waals surface area contributed by atoms with Gasteiger partial charge in [-0.1, -0.05) is 31.9 Å². The van der Waals surface area contributed by atoms with E-state index in [1.54, 1.807) is 4.90 Å². The van der Waals surface area contributed by atoms with Crippen LogP contribution in [0.1, 0.15) is 65.0 Å². The molecule has 0 bridgehead atoms. The van der Waals surface area contributed by atoms with Crippen LogP contribution in [0.4, 0.5) is 5.69 Å². The molecule has 6 nitrogen and oxygen atoms in total. The van der Waals surface area contributed by atoms with Crippen LogP contribution in [0.25, 0.3) is 0 Å². The molecule has 1 heterocycles. The summed E-state index contributed by atoms with van der Waals surface area (Å²) in [5.74, 6) is -0.348. The lowest BCUT2D eigenvalue weighted by Crippen LogP contribution is -2.46. The van der Waals surface area contributed by atoms with Gasteiger partial charge in [0.25, 0.3) is 0 Å². The first-order chi connectivity index (χ1) is 13.7. The molecule has 29 heavy (non-hydrogen) atoms. The SMILES string of the molecule is CCCCCC(=O)Nc1ccc(C2NC(=S)N(C)C(C)=C2C(=O)OC(C)C)cc1. The van der Waals surface area contributed by atoms with Crippen molar-refractivity contribution < 1.29 is 14.3 Å². The second kappa shape index (κ2) is 10.4. The lowest BCUT2D eigenvalue weighted by atomic mass is 9.95. The number of esters is 1. The Bertz CT molecular complexity index is 787. The van der Waals surface area contributed by atoms with Gasteiger partial charge in [-0.15, -0.1) is 0 Å². The molecule has 0 radical (unpaired) electrons. The van der Waals surface area contributed by atoms with E-state index in [1.165, 1.54) is 0 Å². The van der Waals surface area contributed by atoms with Gasteiger partial charge in [0.05, 0.1) is 17.7 Å². The summed E-state index contributed by atoms with van der Waals surface area (Å²) in [6.07, 6.45) is 3.33. The predicted molar refractivity (Wildman–Crippen MR) is 119 cm³/mol. The number of unbranched alkanes of at least 4 members (excludes halogenated alkanes) is 2. The van der Waals surface area contributed by atoms with Gasteiger partial charge in [-0.25, -0.2) is 4.79 Å². The van der Waals surface area contributed by atoms with Crippen LogP contribution in [0, 0.1) is 0 Å². The Morgan fingerprint density at radius 1 is 1.24 bits per heavy atom. The van der Waals surface area contributed by atoms with Crippen LogP contribution in [0.3, 0.4) is 0 Å². The van der Waals surface area contributed by atoms with Gasteiger partial charge in [0.1, 0.15) is 0 Å². The van der Waals surface area contributed by atoms with Crippen molar-refractivity contribution in [2.75, 3.05) is 12.4 Å². The Morgan fingerprint density at radius 3 is 2.48 bits per heavy atom. The number of ether oxygens (including phenoxy) is 1. The number of hydrogen-bond acceptors (Lipinski definition) is 4. The first-order valence-electron chi connectivity index (χ1n) is 10.1. The zero-order valence-electron chi connectivity index (χ0n) is 17.9. The summed E-state index contributed by atoms with van der Waals surface area (Å²) in [6, 6.07) is 7.07. The van der Waals surface area contributed by atoms with Crippen LogP contribution < -0.4 is 10.6 Å². The number of carbonyl (C=O) groups excluding carboxylic acids is 2. The maximum Gasteiger partial charge on any atom is 0.338 e. The molecule has 158 valence electrons. The summed E-state index contributed by atoms with van der Waals surface area (Å²) >= 11 is 5.41. The molecule has 1 aliphatic rings. The van der Waals surface area contributed by atoms with E-state index in [0.29, 0.717) is 17.1 Å². The second-order valence-corrected chi connectivity index (χ2v) is 7.91. The third-order valence-electron chi connectivity index (χ3n) is 4.85. The smallest absolute Gasteiger partial charge is 0.338 e. The lowest BCUT2D eigenvalue weighted by Gasteiger charge is -2.35. The van der Waals surface area contributed by atoms with Crippen LogP contribution in [0.5, 0.6) is 0 Å². The van der Waals surface area contributed by atoms with Crippen molar-refractivity contribution in [3.63, 3.8) is 0 Å². The van der Waals surface area contributed by atoms with Gasteiger partial charge >= 0.3 is 5.97 Å². The molecule has 1 amide bonds. The minimum atomic E-state index is -0.403. The fraction of sp³-hybridized carbons (Fsp3) is 0.500. The maximum atomic E-state index is 12.7. The quantitative estimate of drug-likeness (QED) is 0.373. The van der Waals surface area contributed by atoms with Crippen LogP contribution in [0.2, 0.25) is 0 Å². The van der Waals surface area contributed by atoms with Crippen molar-refractivity contribution in [3.05, 3.63) is 41.1 Å². The summed E-state index contributed by atoms with van der Waals surface area (Å²) in [4.78, 5) is 26.5. The average Bonchev–Trinajstić information content (AvgIpc) is 2.66. The van der Waals surface area contributed by atoms with E-state index >= 15 is 0 Å². The summed E-state index contributed by atoms with van der Waals surface area (Å²) in [7, 11) is 1.82. The van der Waals surface area contributed by atoms with Crippen LogP contribution >= 0.6 is 12.2 Å². The summed E-state index contributed by atoms with van der Waals surface area (Å²) in [5.41, 5.74) is 2.90. The van der Waals surface area contributed by atoms with Crippen LogP contribution in [-0.2, 0) is 14.3 Å². The lowest BCUT2D eigenvalue weighted by molar-refractivity contribution is -0.143. The van der Waals surface area contributed by atoms with Gasteiger partial charge in [-0.2, -0.15) is 0 Å². The first-order valence-corrected chi connectivity index (χ1v) is 10.5. The molecular formula is C22H31N3O3S. The maximum absolute atomic E-state index is 12.7. The number of benzene rings is 1. The minimum absolute atomic E-state index is 0.0155. The van der Waals surface area contributed by atoms with Crippen molar-refractivity contribution >= 4 is 34.9 Å². The number of carbonyl (C=O) groups is 2. The van der Waals surface area contributed by atoms with E-state index in [2.05, 4.69) is 17.6 Å². The van der Waals surface area contributed by atoms with Crippen molar-refractivity contribution in [2.45, 2.75) is 65.5 Å². The minimum Gasteiger partial charge on any atom is -0.459 e. The van der Waals surface area contributed by atoms with Crippen molar-refractivity contribution in [3.8, 4) is 0 Å². The van der Waals surface area contributed by atoms with E-state index in [-0.39, 0.29) is 18.0 Å². The molecule has 2 rings (SSSR count). The van der Waals surface area contributed by atoms with E-state index in [0.717, 1.165) is 36.2 Å². The molecule has 0 aliphatic carbocycles. The number of hydrogen-bond donors (Lipinski definition) is 2. The standard InChI is InChI=1S/C22H31N3O3S/c1-6-7-8-9-18(26)23-17-12-10-16(11-13-17)20-19(21(27)28-14(2)3)15(4)25(5)22(29)24-20/h10-14,20H,6-9H2,1-5H3,(H,23,26)(H,24,29). The number of nitrogens with zero attached hydrogens (tertiary/aromatic N) is 1. The highest BCUT2D eigenvalue weighted by atomic mass is 32.1. The number of allylic oxidation sites excluding steroid dienone is 1. The average molecular weight is 418 g/mol. The number of rotatable bonds is 8. The highest BCUT2D eigenvalue weighted by molar-refractivity contribution is 7.80. The van der Waals surface area contributed by atoms with Gasteiger partial charge in [0.2, 0.25) is 5.91 Å². The third kappa shape index (κ3) is 6.03. The van der Waals surface area contributed by atoms with Gasteiger partial charge in [-0.3, -0.25) is 4.79 Å². The number of thiocarbonyl (C=S) groups is 1. The van der Waals surface area contributed by atoms with E-state index in [9.17, 15) is 9.59 Å². The highest BCUT2D eigenvalue weighted by Gasteiger charge is 2.33. The molecule has 2 N–H and O–H groups in total. The molecule has 1 aromatic carbocycles. The topological polar surface area (TPSA) is 70.7 Å². The Labute approximate surface area is 178 Å². The summed E-state index contributed by atoms with van der Waals surface area (Å²) in [5, 5.41) is 6.69. The largest absolute Gasteiger partial charge is 0.459 e. The highest BCUT2D eigenvalue weighted by Crippen LogP contribution is 2.31. The number of amides is 1. The number of nitrogens with one attached hydrogen (secondary N) is 2. The van der Waals surface area contributed by atoms with Gasteiger partial charge < -0.3 is 20.3 Å². The fourth-order valence-corrected chi connectivity index (χ4v) is 3.40. The van der Waals surface area contributed by atoms with Crippen molar-refractivity contribution in [1.29, 1.82) is 0 Å². The Balaban J connectivity index is 2.21. The Hall–Kier alpha value is -2.41. The van der Waals surface area contributed by atoms with Crippen LogP contribution in [0.15, 0.2) is 35.5 Å². The molecule has 0 fully saturated rings. The molecule has 1 aliphatic heterocycles. The third-order valence-corrected chi connectivity index (χ3v) is 5.24. The second-order valence-electron chi connectivity index (χ2n) is 7.52. The zero-order chi connectivity index (χ0) is 21.6. The molecule has 1 aromatic rings. The predicted octanol–water partition coefficient (Wildman–Crippen LogP) is 4.29. The molecule has 1 atom stereocenters. The molecule has 0 saturated heterocycles. The van der Waals surface area contributed by atoms with Gasteiger partial charge in [0.15, 0.2) is 5.11 Å². The molecule has 0 spiro atoms. The van der Waals surface area contributed by atoms with Gasteiger partial charge in [-0.05, 0) is 57.1 Å². The van der Waals surface area contributed by atoms with E-state index in [1.807, 2.05) is 52.1 Å². The van der Waals surface area contributed by atoms with Crippen molar-refractivity contribution in [2.24, 2.45) is 0 Å².